The number of ether oxygens (including phenoxy) is 1. The molecule has 0 saturated carbocycles. The number of sulfonamides is 1. The fraction of sp³-hybridized carbons (Fsp3) is 0.409. The van der Waals surface area contributed by atoms with Crippen molar-refractivity contribution in [1.82, 2.24) is 9.62 Å². The molecule has 0 atom stereocenters. The molecule has 1 aromatic carbocycles. The van der Waals surface area contributed by atoms with Crippen molar-refractivity contribution >= 4 is 15.9 Å². The summed E-state index contributed by atoms with van der Waals surface area (Å²) in [6.07, 6.45) is 9.11. The second-order valence-electron chi connectivity index (χ2n) is 7.24. The van der Waals surface area contributed by atoms with Crippen molar-refractivity contribution in [1.29, 1.82) is 0 Å². The molecule has 2 aromatic rings. The quantitative estimate of drug-likeness (QED) is 0.581. The number of methoxy groups -OCH3 is 1. The number of nitrogens with zero attached hydrogens (tertiary/aromatic N) is 1. The van der Waals surface area contributed by atoms with Crippen molar-refractivity contribution in [3.63, 3.8) is 0 Å². The Bertz CT molecular complexity index is 950. The van der Waals surface area contributed by atoms with Gasteiger partial charge in [-0.15, -0.1) is 0 Å². The predicted octanol–water partition coefficient (Wildman–Crippen LogP) is 3.49. The normalized spacial score (nSPS) is 14.4. The predicted molar refractivity (Wildman–Crippen MR) is 113 cm³/mol. The fourth-order valence-corrected chi connectivity index (χ4v) is 4.77. The van der Waals surface area contributed by atoms with Crippen molar-refractivity contribution in [2.75, 3.05) is 20.2 Å². The van der Waals surface area contributed by atoms with E-state index in [1.54, 1.807) is 24.3 Å². The van der Waals surface area contributed by atoms with Crippen LogP contribution in [-0.2, 0) is 21.4 Å². The standard InChI is InChI=1S/C22H28N2O5S/c1-28-19-9-11-21(12-10-19)30(26,27)24(16-20-8-5-15-29-20)17-22(25)23-14-13-18-6-3-2-4-7-18/h5-6,8-12,15H,2-4,7,13-14,16-17H2,1H3,(H,23,25). The number of hydrogen-bond donors (Lipinski definition) is 1. The molecule has 30 heavy (non-hydrogen) atoms. The molecule has 0 spiro atoms. The molecule has 0 bridgehead atoms. The van der Waals surface area contributed by atoms with E-state index in [-0.39, 0.29) is 23.9 Å². The van der Waals surface area contributed by atoms with Crippen molar-refractivity contribution in [3.05, 3.63) is 60.1 Å². The van der Waals surface area contributed by atoms with Gasteiger partial charge in [0.25, 0.3) is 0 Å². The third kappa shape index (κ3) is 5.96. The first-order valence-electron chi connectivity index (χ1n) is 10.1. The first kappa shape index (κ1) is 22.1. The van der Waals surface area contributed by atoms with E-state index in [1.165, 1.54) is 43.9 Å². The molecular weight excluding hydrogens is 404 g/mol. The van der Waals surface area contributed by atoms with Gasteiger partial charge in [0.05, 0.1) is 31.4 Å². The molecule has 162 valence electrons. The second-order valence-corrected chi connectivity index (χ2v) is 9.17. The molecule has 1 amide bonds. The lowest BCUT2D eigenvalue weighted by Crippen LogP contribution is -2.40. The molecule has 1 aliphatic carbocycles. The molecule has 1 aliphatic rings. The molecule has 0 aliphatic heterocycles. The van der Waals surface area contributed by atoms with Crippen LogP contribution >= 0.6 is 0 Å². The SMILES string of the molecule is COc1ccc(S(=O)(=O)N(CC(=O)NCCC2=CCCCC2)Cc2ccco2)cc1. The molecule has 0 saturated heterocycles. The van der Waals surface area contributed by atoms with Gasteiger partial charge >= 0.3 is 0 Å². The van der Waals surface area contributed by atoms with E-state index < -0.39 is 10.0 Å². The lowest BCUT2D eigenvalue weighted by Gasteiger charge is -2.21. The average molecular weight is 433 g/mol. The Kier molecular flexibility index (Phi) is 7.70. The number of carbonyl (C=O) groups excluding carboxylic acids is 1. The van der Waals surface area contributed by atoms with Gasteiger partial charge in [-0.25, -0.2) is 8.42 Å². The molecule has 8 heteroatoms. The maximum Gasteiger partial charge on any atom is 0.243 e. The highest BCUT2D eigenvalue weighted by molar-refractivity contribution is 7.89. The summed E-state index contributed by atoms with van der Waals surface area (Å²) in [5, 5.41) is 2.85. The van der Waals surface area contributed by atoms with E-state index in [4.69, 9.17) is 9.15 Å². The number of allylic oxidation sites excluding steroid dienone is 1. The molecule has 3 rings (SSSR count). The van der Waals surface area contributed by atoms with Crippen molar-refractivity contribution in [2.45, 2.75) is 43.5 Å². The second kappa shape index (κ2) is 10.4. The molecule has 1 N–H and O–H groups in total. The van der Waals surface area contributed by atoms with Gasteiger partial charge in [-0.3, -0.25) is 4.79 Å². The largest absolute Gasteiger partial charge is 0.497 e. The van der Waals surface area contributed by atoms with E-state index in [2.05, 4.69) is 11.4 Å². The maximum absolute atomic E-state index is 13.2. The third-order valence-electron chi connectivity index (χ3n) is 5.08. The summed E-state index contributed by atoms with van der Waals surface area (Å²) in [5.74, 6) is 0.684. The van der Waals surface area contributed by atoms with E-state index >= 15 is 0 Å². The Morgan fingerprint density at radius 2 is 2.00 bits per heavy atom. The van der Waals surface area contributed by atoms with Gasteiger partial charge in [-0.05, 0) is 68.5 Å². The molecule has 0 fully saturated rings. The lowest BCUT2D eigenvalue weighted by molar-refractivity contribution is -0.121. The molecule has 0 unspecified atom stereocenters. The smallest absolute Gasteiger partial charge is 0.243 e. The Morgan fingerprint density at radius 1 is 1.20 bits per heavy atom. The Morgan fingerprint density at radius 3 is 2.63 bits per heavy atom. The third-order valence-corrected chi connectivity index (χ3v) is 6.89. The van der Waals surface area contributed by atoms with Gasteiger partial charge in [-0.1, -0.05) is 11.6 Å². The van der Waals surface area contributed by atoms with Crippen LogP contribution in [0.3, 0.4) is 0 Å². The zero-order chi connectivity index (χ0) is 21.4. The Hall–Kier alpha value is -2.58. The van der Waals surface area contributed by atoms with Crippen LogP contribution in [0, 0.1) is 0 Å². The highest BCUT2D eigenvalue weighted by Gasteiger charge is 2.27. The minimum absolute atomic E-state index is 0.0278. The number of rotatable bonds is 10. The summed E-state index contributed by atoms with van der Waals surface area (Å²) < 4.78 is 37.9. The van der Waals surface area contributed by atoms with Crippen LogP contribution in [-0.4, -0.2) is 38.8 Å². The van der Waals surface area contributed by atoms with Crippen LogP contribution in [0.5, 0.6) is 5.75 Å². The van der Waals surface area contributed by atoms with Crippen LogP contribution < -0.4 is 10.1 Å². The van der Waals surface area contributed by atoms with Gasteiger partial charge in [0, 0.05) is 6.54 Å². The van der Waals surface area contributed by atoms with E-state index in [0.29, 0.717) is 18.1 Å². The van der Waals surface area contributed by atoms with Gasteiger partial charge in [0.2, 0.25) is 15.9 Å². The lowest BCUT2D eigenvalue weighted by atomic mass is 9.97. The van der Waals surface area contributed by atoms with E-state index in [9.17, 15) is 13.2 Å². The average Bonchev–Trinajstić information content (AvgIpc) is 3.27. The molecular formula is C22H28N2O5S. The zero-order valence-electron chi connectivity index (χ0n) is 17.2. The van der Waals surface area contributed by atoms with E-state index in [0.717, 1.165) is 23.6 Å². The van der Waals surface area contributed by atoms with E-state index in [1.807, 2.05) is 0 Å². The van der Waals surface area contributed by atoms with Crippen molar-refractivity contribution in [2.24, 2.45) is 0 Å². The zero-order valence-corrected chi connectivity index (χ0v) is 18.0. The molecule has 0 radical (unpaired) electrons. The number of nitrogens with one attached hydrogen (secondary N) is 1. The monoisotopic (exact) mass is 432 g/mol. The highest BCUT2D eigenvalue weighted by atomic mass is 32.2. The summed E-state index contributed by atoms with van der Waals surface area (Å²) in [4.78, 5) is 12.6. The van der Waals surface area contributed by atoms with Gasteiger partial charge in [-0.2, -0.15) is 4.31 Å². The molecule has 1 aromatic heterocycles. The molecule has 1 heterocycles. The van der Waals surface area contributed by atoms with Gasteiger partial charge in [0.15, 0.2) is 0 Å². The number of amides is 1. The summed E-state index contributed by atoms with van der Waals surface area (Å²) in [6.45, 7) is 0.190. The number of carbonyl (C=O) groups is 1. The number of hydrogen-bond acceptors (Lipinski definition) is 5. The van der Waals surface area contributed by atoms with Crippen LogP contribution in [0.2, 0.25) is 0 Å². The summed E-state index contributed by atoms with van der Waals surface area (Å²) in [5.41, 5.74) is 1.36. The van der Waals surface area contributed by atoms with Gasteiger partial charge < -0.3 is 14.5 Å². The molecule has 7 nitrogen and oxygen atoms in total. The van der Waals surface area contributed by atoms with Crippen LogP contribution in [0.4, 0.5) is 0 Å². The van der Waals surface area contributed by atoms with Crippen molar-refractivity contribution < 1.29 is 22.4 Å². The van der Waals surface area contributed by atoms with Crippen LogP contribution in [0.1, 0.15) is 37.9 Å². The topological polar surface area (TPSA) is 88.9 Å². The number of benzene rings is 1. The maximum atomic E-state index is 13.2. The summed E-state index contributed by atoms with van der Waals surface area (Å²) >= 11 is 0. The summed E-state index contributed by atoms with van der Waals surface area (Å²) in [6, 6.07) is 9.47. The minimum Gasteiger partial charge on any atom is -0.497 e. The fourth-order valence-electron chi connectivity index (χ4n) is 3.41. The Balaban J connectivity index is 1.68. The first-order valence-corrected chi connectivity index (χ1v) is 11.5. The van der Waals surface area contributed by atoms with Crippen LogP contribution in [0.25, 0.3) is 0 Å². The number of furan rings is 1. The van der Waals surface area contributed by atoms with Crippen LogP contribution in [0.15, 0.2) is 63.6 Å². The summed E-state index contributed by atoms with van der Waals surface area (Å²) in [7, 11) is -2.38. The Labute approximate surface area is 177 Å². The highest BCUT2D eigenvalue weighted by Crippen LogP contribution is 2.22. The first-order chi connectivity index (χ1) is 14.5. The minimum atomic E-state index is -3.90. The van der Waals surface area contributed by atoms with Crippen molar-refractivity contribution in [3.8, 4) is 5.75 Å². The van der Waals surface area contributed by atoms with Gasteiger partial charge in [0.1, 0.15) is 11.5 Å².